The maximum atomic E-state index is 2.30. The Morgan fingerprint density at radius 2 is 1.42 bits per heavy atom. The summed E-state index contributed by atoms with van der Waals surface area (Å²) in [7, 11) is 1.91. The second kappa shape index (κ2) is 8.47. The van der Waals surface area contributed by atoms with Crippen LogP contribution in [0.5, 0.6) is 0 Å². The van der Waals surface area contributed by atoms with Crippen molar-refractivity contribution in [2.24, 2.45) is 0 Å². The van der Waals surface area contributed by atoms with E-state index in [0.717, 1.165) is 22.8 Å². The van der Waals surface area contributed by atoms with Crippen LogP contribution in [0.1, 0.15) is 19.8 Å². The minimum absolute atomic E-state index is 0.853. The largest absolute Gasteiger partial charge is 0.0898 e. The zero-order valence-corrected chi connectivity index (χ0v) is 13.5. The van der Waals surface area contributed by atoms with Gasteiger partial charge in [0.05, 0.1) is 0 Å². The van der Waals surface area contributed by atoms with E-state index in [-0.39, 0.29) is 0 Å². The van der Waals surface area contributed by atoms with Crippen molar-refractivity contribution in [3.05, 3.63) is 60.7 Å². The lowest BCUT2D eigenvalue weighted by atomic mass is 10.3. The third-order valence-corrected chi connectivity index (χ3v) is 6.52. The van der Waals surface area contributed by atoms with Crippen LogP contribution in [0.3, 0.4) is 0 Å². The highest BCUT2D eigenvalue weighted by Crippen LogP contribution is 2.28. The fourth-order valence-electron chi connectivity index (χ4n) is 2.14. The van der Waals surface area contributed by atoms with Crippen LogP contribution < -0.4 is 10.6 Å². The Kier molecular flexibility index (Phi) is 6.55. The van der Waals surface area contributed by atoms with Gasteiger partial charge in [0, 0.05) is 0 Å². The van der Waals surface area contributed by atoms with Crippen LogP contribution in [-0.4, -0.2) is 11.8 Å². The maximum absolute atomic E-state index is 2.30. The summed E-state index contributed by atoms with van der Waals surface area (Å²) in [4.78, 5) is 0. The quantitative estimate of drug-likeness (QED) is 0.671. The van der Waals surface area contributed by atoms with Gasteiger partial charge in [-0.25, -0.2) is 0 Å². The number of rotatable bonds is 7. The van der Waals surface area contributed by atoms with Crippen molar-refractivity contribution in [1.29, 1.82) is 0 Å². The minimum Gasteiger partial charge on any atom is -0.0898 e. The first-order chi connectivity index (χ1) is 9.38. The van der Waals surface area contributed by atoms with Gasteiger partial charge in [0.1, 0.15) is 0 Å². The molecule has 2 aromatic carbocycles. The van der Waals surface area contributed by atoms with Gasteiger partial charge in [0.25, 0.3) is 0 Å². The summed E-state index contributed by atoms with van der Waals surface area (Å²) < 4.78 is 0. The minimum atomic E-state index is 0.853. The van der Waals surface area contributed by atoms with E-state index in [9.17, 15) is 0 Å². The first-order valence-electron chi connectivity index (χ1n) is 6.99. The Balaban J connectivity index is 1.89. The lowest BCUT2D eigenvalue weighted by Gasteiger charge is -2.16. The molecule has 2 aromatic rings. The lowest BCUT2D eigenvalue weighted by molar-refractivity contribution is 0.791. The average Bonchev–Trinajstić information content (AvgIpc) is 2.47. The SMILES string of the molecule is CCCC(CPc1ccccc1)Pc1ccccc1. The van der Waals surface area contributed by atoms with Gasteiger partial charge < -0.3 is 0 Å². The molecule has 0 bridgehead atoms. The summed E-state index contributed by atoms with van der Waals surface area (Å²) in [5.41, 5.74) is 0.853. The van der Waals surface area contributed by atoms with Gasteiger partial charge in [-0.3, -0.25) is 0 Å². The summed E-state index contributed by atoms with van der Waals surface area (Å²) in [5, 5.41) is 3.01. The first-order valence-corrected chi connectivity index (χ1v) is 9.27. The van der Waals surface area contributed by atoms with Crippen LogP contribution in [0.25, 0.3) is 0 Å². The highest BCUT2D eigenvalue weighted by Gasteiger charge is 2.08. The van der Waals surface area contributed by atoms with Gasteiger partial charge in [0.15, 0.2) is 0 Å². The zero-order chi connectivity index (χ0) is 13.3. The Bertz CT molecular complexity index is 453. The predicted octanol–water partition coefficient (Wildman–Crippen LogP) is 4.16. The predicted molar refractivity (Wildman–Crippen MR) is 92.3 cm³/mol. The molecule has 0 amide bonds. The number of benzene rings is 2. The molecule has 0 aliphatic rings. The molecule has 0 nitrogen and oxygen atoms in total. The Labute approximate surface area is 120 Å². The van der Waals surface area contributed by atoms with Crippen LogP contribution in [-0.2, 0) is 0 Å². The van der Waals surface area contributed by atoms with E-state index in [1.54, 1.807) is 0 Å². The number of hydrogen-bond donors (Lipinski definition) is 0. The molecule has 3 unspecified atom stereocenters. The maximum Gasteiger partial charge on any atom is -0.0156 e. The molecule has 100 valence electrons. The van der Waals surface area contributed by atoms with Gasteiger partial charge in [-0.1, -0.05) is 91.2 Å². The van der Waals surface area contributed by atoms with Crippen molar-refractivity contribution < 1.29 is 0 Å². The summed E-state index contributed by atoms with van der Waals surface area (Å²) in [6, 6.07) is 21.9. The van der Waals surface area contributed by atoms with Crippen molar-refractivity contribution in [3.63, 3.8) is 0 Å². The zero-order valence-electron chi connectivity index (χ0n) is 11.5. The molecule has 3 atom stereocenters. The van der Waals surface area contributed by atoms with Gasteiger partial charge in [0.2, 0.25) is 0 Å². The molecule has 0 saturated carbocycles. The van der Waals surface area contributed by atoms with Crippen LogP contribution >= 0.6 is 17.2 Å². The van der Waals surface area contributed by atoms with Crippen molar-refractivity contribution in [2.75, 3.05) is 6.16 Å². The molecule has 0 saturated heterocycles. The summed E-state index contributed by atoms with van der Waals surface area (Å²) in [6.07, 6.45) is 3.99. The Morgan fingerprint density at radius 1 is 0.842 bits per heavy atom. The first kappa shape index (κ1) is 14.7. The van der Waals surface area contributed by atoms with E-state index < -0.39 is 0 Å². The van der Waals surface area contributed by atoms with E-state index >= 15 is 0 Å². The standard InChI is InChI=1S/C17H22P2/c1-2-9-17(19-16-12-7-4-8-13-16)14-18-15-10-5-3-6-11-15/h3-8,10-13,17-19H,2,9,14H2,1H3. The topological polar surface area (TPSA) is 0 Å². The van der Waals surface area contributed by atoms with Gasteiger partial charge in [-0.15, -0.1) is 0 Å². The molecule has 0 heterocycles. The van der Waals surface area contributed by atoms with Gasteiger partial charge in [-0.2, -0.15) is 0 Å². The normalized spacial score (nSPS) is 13.5. The highest BCUT2D eigenvalue weighted by molar-refractivity contribution is 7.52. The molecule has 19 heavy (non-hydrogen) atoms. The number of hydrogen-bond acceptors (Lipinski definition) is 0. The molecular formula is C17H22P2. The fourth-order valence-corrected chi connectivity index (χ4v) is 5.26. The average molecular weight is 288 g/mol. The van der Waals surface area contributed by atoms with Crippen LogP contribution in [0.4, 0.5) is 0 Å². The second-order valence-electron chi connectivity index (χ2n) is 4.74. The molecule has 0 aromatic heterocycles. The highest BCUT2D eigenvalue weighted by atomic mass is 31.1. The molecule has 0 spiro atoms. The third-order valence-electron chi connectivity index (χ3n) is 3.11. The van der Waals surface area contributed by atoms with E-state index in [2.05, 4.69) is 67.6 Å². The van der Waals surface area contributed by atoms with E-state index in [4.69, 9.17) is 0 Å². The van der Waals surface area contributed by atoms with Crippen LogP contribution in [0, 0.1) is 0 Å². The summed E-state index contributed by atoms with van der Waals surface area (Å²) in [6.45, 7) is 2.30. The summed E-state index contributed by atoms with van der Waals surface area (Å²) >= 11 is 0. The molecule has 0 N–H and O–H groups in total. The molecule has 0 aliphatic carbocycles. The molecule has 2 heteroatoms. The third kappa shape index (κ3) is 5.43. The molecule has 0 aliphatic heterocycles. The van der Waals surface area contributed by atoms with Crippen LogP contribution in [0.2, 0.25) is 0 Å². The van der Waals surface area contributed by atoms with E-state index in [1.807, 2.05) is 0 Å². The molecule has 2 rings (SSSR count). The molecule has 0 fully saturated rings. The second-order valence-corrected chi connectivity index (χ2v) is 7.76. The smallest absolute Gasteiger partial charge is 0.0156 e. The Hall–Kier alpha value is -0.700. The molecule has 0 radical (unpaired) electrons. The fraction of sp³-hybridized carbons (Fsp3) is 0.294. The van der Waals surface area contributed by atoms with E-state index in [1.165, 1.54) is 29.6 Å². The molecular weight excluding hydrogens is 266 g/mol. The van der Waals surface area contributed by atoms with Crippen molar-refractivity contribution in [2.45, 2.75) is 25.4 Å². The van der Waals surface area contributed by atoms with Crippen molar-refractivity contribution in [1.82, 2.24) is 0 Å². The van der Waals surface area contributed by atoms with Gasteiger partial charge >= 0.3 is 0 Å². The van der Waals surface area contributed by atoms with E-state index in [0.29, 0.717) is 0 Å². The van der Waals surface area contributed by atoms with Crippen LogP contribution in [0.15, 0.2) is 60.7 Å². The lowest BCUT2D eigenvalue weighted by Crippen LogP contribution is -2.10. The van der Waals surface area contributed by atoms with Crippen molar-refractivity contribution in [3.8, 4) is 0 Å². The van der Waals surface area contributed by atoms with Crippen molar-refractivity contribution >= 4 is 27.8 Å². The summed E-state index contributed by atoms with van der Waals surface area (Å²) in [5.74, 6) is 0. The van der Waals surface area contributed by atoms with Gasteiger partial charge in [-0.05, 0) is 28.9 Å². The Morgan fingerprint density at radius 3 is 2.00 bits per heavy atom. The monoisotopic (exact) mass is 288 g/mol.